The van der Waals surface area contributed by atoms with E-state index in [9.17, 15) is 14.4 Å². The molecule has 0 radical (unpaired) electrons. The predicted octanol–water partition coefficient (Wildman–Crippen LogP) is 3.72. The molecule has 6 nitrogen and oxygen atoms in total. The van der Waals surface area contributed by atoms with Gasteiger partial charge in [-0.3, -0.25) is 9.59 Å². The number of carbonyl (C=O) groups excluding carboxylic acids is 3. The largest absolute Gasteiger partial charge is 0.427 e. The van der Waals surface area contributed by atoms with E-state index in [1.165, 1.54) is 11.8 Å². The monoisotopic (exact) mass is 403 g/mol. The molecule has 2 heterocycles. The van der Waals surface area contributed by atoms with Gasteiger partial charge in [0.15, 0.2) is 0 Å². The Morgan fingerprint density at radius 2 is 1.86 bits per heavy atom. The number of esters is 2. The van der Waals surface area contributed by atoms with Crippen LogP contribution in [0.1, 0.15) is 40.5 Å². The Kier molecular flexibility index (Phi) is 5.84. The van der Waals surface area contributed by atoms with E-state index in [-0.39, 0.29) is 23.6 Å². The number of ether oxygens (including phenoxy) is 2. The number of β-lactam (4-membered cyclic amide) rings is 1. The van der Waals surface area contributed by atoms with Crippen LogP contribution in [0.25, 0.3) is 0 Å². The maximum absolute atomic E-state index is 12.7. The van der Waals surface area contributed by atoms with Crippen LogP contribution in [-0.2, 0) is 23.9 Å². The first-order valence-electron chi connectivity index (χ1n) is 9.37. The van der Waals surface area contributed by atoms with E-state index in [2.05, 4.69) is 0 Å². The Balaban J connectivity index is 1.75. The Morgan fingerprint density at radius 3 is 2.46 bits per heavy atom. The lowest BCUT2D eigenvalue weighted by Crippen LogP contribution is -2.58. The third-order valence-electron chi connectivity index (χ3n) is 4.86. The molecule has 28 heavy (non-hydrogen) atoms. The van der Waals surface area contributed by atoms with Crippen molar-refractivity contribution in [1.82, 2.24) is 4.90 Å². The Labute approximate surface area is 169 Å². The number of amides is 1. The summed E-state index contributed by atoms with van der Waals surface area (Å²) in [6, 6.07) is 9.70. The molecule has 3 rings (SSSR count). The van der Waals surface area contributed by atoms with Crippen LogP contribution in [0, 0.1) is 11.3 Å². The molecular weight excluding hydrogens is 378 g/mol. The summed E-state index contributed by atoms with van der Waals surface area (Å²) in [5.74, 6) is -1.20. The smallest absolute Gasteiger partial charge is 0.358 e. The summed E-state index contributed by atoms with van der Waals surface area (Å²) in [7, 11) is 0. The second kappa shape index (κ2) is 7.99. The van der Waals surface area contributed by atoms with Gasteiger partial charge >= 0.3 is 11.9 Å². The Morgan fingerprint density at radius 1 is 1.18 bits per heavy atom. The zero-order valence-corrected chi connectivity index (χ0v) is 17.4. The van der Waals surface area contributed by atoms with Crippen LogP contribution >= 0.6 is 11.8 Å². The first-order valence-corrected chi connectivity index (χ1v) is 10.2. The van der Waals surface area contributed by atoms with Crippen molar-refractivity contribution >= 4 is 29.6 Å². The fraction of sp³-hybridized carbons (Fsp3) is 0.476. The second-order valence-electron chi connectivity index (χ2n) is 7.91. The first-order chi connectivity index (χ1) is 13.2. The standard InChI is InChI=1S/C21H25NO5S/c1-5-14-15-11-16(28-13-9-7-6-8-10-13)17(22(15)18(14)23)19(24)26-12-27-20(25)21(2,3)4/h6-10,14-15H,5,11-12H2,1-4H3. The van der Waals surface area contributed by atoms with Gasteiger partial charge in [-0.15, -0.1) is 0 Å². The summed E-state index contributed by atoms with van der Waals surface area (Å²) < 4.78 is 10.2. The Bertz CT molecular complexity index is 812. The van der Waals surface area contributed by atoms with Crippen molar-refractivity contribution in [3.05, 3.63) is 40.9 Å². The molecule has 1 aromatic rings. The van der Waals surface area contributed by atoms with E-state index in [1.54, 1.807) is 25.7 Å². The molecule has 150 valence electrons. The van der Waals surface area contributed by atoms with E-state index in [1.807, 2.05) is 37.3 Å². The third-order valence-corrected chi connectivity index (χ3v) is 5.97. The summed E-state index contributed by atoms with van der Waals surface area (Å²) in [4.78, 5) is 40.4. The van der Waals surface area contributed by atoms with Gasteiger partial charge in [-0.2, -0.15) is 0 Å². The van der Waals surface area contributed by atoms with Gasteiger partial charge in [-0.1, -0.05) is 36.9 Å². The fourth-order valence-electron chi connectivity index (χ4n) is 3.34. The lowest BCUT2D eigenvalue weighted by Gasteiger charge is -2.43. The van der Waals surface area contributed by atoms with Crippen molar-refractivity contribution in [2.24, 2.45) is 11.3 Å². The van der Waals surface area contributed by atoms with Crippen molar-refractivity contribution in [2.45, 2.75) is 51.5 Å². The second-order valence-corrected chi connectivity index (χ2v) is 9.08. The summed E-state index contributed by atoms with van der Waals surface area (Å²) in [5.41, 5.74) is -0.402. The van der Waals surface area contributed by atoms with E-state index >= 15 is 0 Å². The maximum Gasteiger partial charge on any atom is 0.358 e. The molecule has 2 aliphatic rings. The van der Waals surface area contributed by atoms with Crippen molar-refractivity contribution in [3.8, 4) is 0 Å². The molecule has 0 spiro atoms. The Hall–Kier alpha value is -2.28. The fourth-order valence-corrected chi connectivity index (χ4v) is 4.45. The maximum atomic E-state index is 12.7. The number of carbonyl (C=O) groups is 3. The van der Waals surface area contributed by atoms with Crippen LogP contribution < -0.4 is 0 Å². The van der Waals surface area contributed by atoms with Gasteiger partial charge in [0.25, 0.3) is 0 Å². The van der Waals surface area contributed by atoms with Crippen molar-refractivity contribution in [1.29, 1.82) is 0 Å². The number of fused-ring (bicyclic) bond motifs is 1. The topological polar surface area (TPSA) is 72.9 Å². The molecule has 0 saturated carbocycles. The quantitative estimate of drug-likeness (QED) is 0.409. The van der Waals surface area contributed by atoms with Crippen LogP contribution in [0.4, 0.5) is 0 Å². The molecule has 0 bridgehead atoms. The van der Waals surface area contributed by atoms with E-state index in [0.717, 1.165) is 16.2 Å². The number of nitrogens with zero attached hydrogens (tertiary/aromatic N) is 1. The summed E-state index contributed by atoms with van der Waals surface area (Å²) in [6.07, 6.45) is 1.38. The molecular formula is C21H25NO5S. The van der Waals surface area contributed by atoms with E-state index in [4.69, 9.17) is 9.47 Å². The number of rotatable bonds is 6. The zero-order valence-electron chi connectivity index (χ0n) is 16.6. The molecule has 7 heteroatoms. The average molecular weight is 404 g/mol. The summed E-state index contributed by atoms with van der Waals surface area (Å²) in [5, 5.41) is 0. The van der Waals surface area contributed by atoms with Crippen LogP contribution in [0.3, 0.4) is 0 Å². The van der Waals surface area contributed by atoms with Gasteiger partial charge < -0.3 is 14.4 Å². The highest BCUT2D eigenvalue weighted by molar-refractivity contribution is 8.03. The highest BCUT2D eigenvalue weighted by Crippen LogP contribution is 2.48. The molecule has 1 saturated heterocycles. The molecule has 1 aromatic carbocycles. The molecule has 2 aliphatic heterocycles. The minimum Gasteiger partial charge on any atom is -0.427 e. The van der Waals surface area contributed by atoms with Gasteiger partial charge in [0, 0.05) is 16.2 Å². The minimum atomic E-state index is -0.680. The lowest BCUT2D eigenvalue weighted by atomic mass is 9.85. The molecule has 1 fully saturated rings. The predicted molar refractivity (Wildman–Crippen MR) is 105 cm³/mol. The van der Waals surface area contributed by atoms with Crippen LogP contribution in [0.2, 0.25) is 0 Å². The van der Waals surface area contributed by atoms with Crippen LogP contribution in [-0.4, -0.2) is 35.6 Å². The number of thioether (sulfide) groups is 1. The van der Waals surface area contributed by atoms with Crippen molar-refractivity contribution < 1.29 is 23.9 Å². The number of hydrogen-bond acceptors (Lipinski definition) is 6. The summed E-state index contributed by atoms with van der Waals surface area (Å²) >= 11 is 1.47. The van der Waals surface area contributed by atoms with Gasteiger partial charge in [-0.05, 0) is 39.3 Å². The van der Waals surface area contributed by atoms with Crippen molar-refractivity contribution in [2.75, 3.05) is 6.79 Å². The van der Waals surface area contributed by atoms with Gasteiger partial charge in [0.05, 0.1) is 17.4 Å². The third kappa shape index (κ3) is 3.94. The normalized spacial score (nSPS) is 21.3. The number of hydrogen-bond donors (Lipinski definition) is 0. The van der Waals surface area contributed by atoms with E-state index < -0.39 is 24.1 Å². The summed E-state index contributed by atoms with van der Waals surface area (Å²) in [6.45, 7) is 6.68. The first kappa shape index (κ1) is 20.5. The van der Waals surface area contributed by atoms with Gasteiger partial charge in [-0.25, -0.2) is 4.79 Å². The molecule has 0 N–H and O–H groups in total. The molecule has 2 atom stereocenters. The molecule has 0 aromatic heterocycles. The lowest BCUT2D eigenvalue weighted by molar-refractivity contribution is -0.174. The van der Waals surface area contributed by atoms with Gasteiger partial charge in [0.1, 0.15) is 5.70 Å². The van der Waals surface area contributed by atoms with Crippen LogP contribution in [0.15, 0.2) is 45.8 Å². The SMILES string of the molecule is CCC1C(=O)N2C(C(=O)OCOC(=O)C(C)(C)C)=C(Sc3ccccc3)CC12. The molecule has 0 aliphatic carbocycles. The highest BCUT2D eigenvalue weighted by atomic mass is 32.2. The highest BCUT2D eigenvalue weighted by Gasteiger charge is 2.54. The minimum absolute atomic E-state index is 0.00314. The average Bonchev–Trinajstić information content (AvgIpc) is 2.96. The zero-order chi connectivity index (χ0) is 20.5. The molecule has 1 amide bonds. The van der Waals surface area contributed by atoms with Gasteiger partial charge in [0.2, 0.25) is 12.7 Å². The van der Waals surface area contributed by atoms with Crippen LogP contribution in [0.5, 0.6) is 0 Å². The number of benzene rings is 1. The van der Waals surface area contributed by atoms with E-state index in [0.29, 0.717) is 6.42 Å². The van der Waals surface area contributed by atoms with Crippen molar-refractivity contribution in [3.63, 3.8) is 0 Å². The molecule has 2 unspecified atom stereocenters.